The lowest BCUT2D eigenvalue weighted by Gasteiger charge is -2.52. The molecular weight excluding hydrogens is 401 g/mol. The third-order valence-electron chi connectivity index (χ3n) is 6.14. The van der Waals surface area contributed by atoms with Crippen molar-refractivity contribution in [3.63, 3.8) is 0 Å². The summed E-state index contributed by atoms with van der Waals surface area (Å²) in [6.07, 6.45) is 3.80. The molecule has 0 aromatic carbocycles. The van der Waals surface area contributed by atoms with Crippen LogP contribution in [-0.2, 0) is 11.3 Å². The number of nitrogens with zero attached hydrogens (tertiary/aromatic N) is 5. The summed E-state index contributed by atoms with van der Waals surface area (Å²) in [7, 11) is 0. The molecule has 0 N–H and O–H groups in total. The SMILES string of the molecule is Cc1ccc(-c2noc(C)c2Cn2ncc(N3CC4(CCC(F)CO4)C3)cc2=O)cn1. The summed E-state index contributed by atoms with van der Waals surface area (Å²) >= 11 is 0. The van der Waals surface area contributed by atoms with Crippen LogP contribution in [0.2, 0.25) is 0 Å². The Labute approximate surface area is 178 Å². The van der Waals surface area contributed by atoms with Crippen LogP contribution in [0.1, 0.15) is 29.9 Å². The van der Waals surface area contributed by atoms with E-state index in [4.69, 9.17) is 9.26 Å². The summed E-state index contributed by atoms with van der Waals surface area (Å²) in [5.74, 6) is 0.638. The second-order valence-corrected chi connectivity index (χ2v) is 8.45. The van der Waals surface area contributed by atoms with Crippen molar-refractivity contribution < 1.29 is 13.7 Å². The van der Waals surface area contributed by atoms with Crippen LogP contribution in [0.3, 0.4) is 0 Å². The molecule has 2 aliphatic rings. The highest BCUT2D eigenvalue weighted by Crippen LogP contribution is 2.37. The van der Waals surface area contributed by atoms with Gasteiger partial charge in [-0.3, -0.25) is 9.78 Å². The third-order valence-corrected chi connectivity index (χ3v) is 6.14. The van der Waals surface area contributed by atoms with Gasteiger partial charge in [-0.05, 0) is 38.8 Å². The van der Waals surface area contributed by atoms with E-state index in [9.17, 15) is 9.18 Å². The maximum Gasteiger partial charge on any atom is 0.269 e. The van der Waals surface area contributed by atoms with Crippen LogP contribution in [-0.4, -0.2) is 51.4 Å². The van der Waals surface area contributed by atoms with E-state index in [1.165, 1.54) is 4.68 Å². The predicted molar refractivity (Wildman–Crippen MR) is 112 cm³/mol. The first kappa shape index (κ1) is 19.9. The summed E-state index contributed by atoms with van der Waals surface area (Å²) in [6, 6.07) is 5.42. The lowest BCUT2D eigenvalue weighted by molar-refractivity contribution is -0.120. The minimum Gasteiger partial charge on any atom is -0.368 e. The molecule has 5 rings (SSSR count). The van der Waals surface area contributed by atoms with E-state index in [0.717, 1.165) is 22.5 Å². The molecule has 8 nitrogen and oxygen atoms in total. The molecule has 3 aromatic heterocycles. The molecule has 1 atom stereocenters. The average Bonchev–Trinajstić information content (AvgIpc) is 3.09. The number of anilines is 1. The van der Waals surface area contributed by atoms with Gasteiger partial charge in [0.2, 0.25) is 0 Å². The van der Waals surface area contributed by atoms with E-state index in [-0.39, 0.29) is 24.3 Å². The van der Waals surface area contributed by atoms with Gasteiger partial charge in [0.1, 0.15) is 23.2 Å². The van der Waals surface area contributed by atoms with Gasteiger partial charge < -0.3 is 14.2 Å². The van der Waals surface area contributed by atoms with E-state index < -0.39 is 6.17 Å². The summed E-state index contributed by atoms with van der Waals surface area (Å²) in [4.78, 5) is 19.1. The number of aromatic nitrogens is 4. The number of ether oxygens (including phenoxy) is 1. The molecule has 2 aliphatic heterocycles. The number of alkyl halides is 1. The number of aryl methyl sites for hydroxylation is 2. The first-order valence-corrected chi connectivity index (χ1v) is 10.4. The Balaban J connectivity index is 1.33. The zero-order chi connectivity index (χ0) is 21.6. The molecule has 0 amide bonds. The highest BCUT2D eigenvalue weighted by Gasteiger charge is 2.47. The van der Waals surface area contributed by atoms with Crippen LogP contribution >= 0.6 is 0 Å². The van der Waals surface area contributed by atoms with Crippen molar-refractivity contribution >= 4 is 5.69 Å². The Kier molecular flexibility index (Phi) is 4.85. The number of pyridine rings is 1. The summed E-state index contributed by atoms with van der Waals surface area (Å²) in [5, 5.41) is 8.52. The standard InChI is InChI=1S/C22H24FN5O3/c1-14-3-4-16(8-24-14)21-19(15(2)31-26-21)10-28-20(29)7-18(9-25-28)27-12-22(13-27)6-5-17(23)11-30-22/h3-4,7-9,17H,5-6,10-13H2,1-2H3. The molecule has 162 valence electrons. The Hall–Kier alpha value is -3.07. The van der Waals surface area contributed by atoms with Crippen LogP contribution in [0.25, 0.3) is 11.3 Å². The van der Waals surface area contributed by atoms with Gasteiger partial charge in [-0.2, -0.15) is 5.10 Å². The molecule has 0 aliphatic carbocycles. The zero-order valence-corrected chi connectivity index (χ0v) is 17.5. The van der Waals surface area contributed by atoms with Gasteiger partial charge in [0.25, 0.3) is 5.56 Å². The minimum absolute atomic E-state index is 0.157. The van der Waals surface area contributed by atoms with Gasteiger partial charge in [0.05, 0.1) is 25.0 Å². The lowest BCUT2D eigenvalue weighted by atomic mass is 9.85. The van der Waals surface area contributed by atoms with E-state index in [1.54, 1.807) is 18.5 Å². The Morgan fingerprint density at radius 1 is 1.26 bits per heavy atom. The number of rotatable bonds is 4. The largest absolute Gasteiger partial charge is 0.368 e. The van der Waals surface area contributed by atoms with E-state index >= 15 is 0 Å². The molecule has 2 fully saturated rings. The Morgan fingerprint density at radius 3 is 2.77 bits per heavy atom. The van der Waals surface area contributed by atoms with Crippen molar-refractivity contribution in [1.82, 2.24) is 19.9 Å². The van der Waals surface area contributed by atoms with Gasteiger partial charge >= 0.3 is 0 Å². The average molecular weight is 425 g/mol. The maximum absolute atomic E-state index is 13.3. The van der Waals surface area contributed by atoms with E-state index in [0.29, 0.717) is 37.4 Å². The zero-order valence-electron chi connectivity index (χ0n) is 17.5. The van der Waals surface area contributed by atoms with Crippen molar-refractivity contribution in [3.05, 3.63) is 58.0 Å². The van der Waals surface area contributed by atoms with E-state index in [2.05, 4.69) is 15.2 Å². The van der Waals surface area contributed by atoms with Gasteiger partial charge in [-0.1, -0.05) is 5.16 Å². The molecule has 3 aromatic rings. The van der Waals surface area contributed by atoms with Crippen LogP contribution in [0.15, 0.2) is 39.9 Å². The number of hydrogen-bond acceptors (Lipinski definition) is 7. The molecule has 5 heterocycles. The molecular formula is C22H24FN5O3. The summed E-state index contributed by atoms with van der Waals surface area (Å²) in [6.45, 7) is 5.45. The second kappa shape index (κ2) is 7.56. The molecule has 31 heavy (non-hydrogen) atoms. The molecule has 0 radical (unpaired) electrons. The summed E-state index contributed by atoms with van der Waals surface area (Å²) in [5.41, 5.74) is 3.46. The van der Waals surface area contributed by atoms with Crippen molar-refractivity contribution in [1.29, 1.82) is 0 Å². The van der Waals surface area contributed by atoms with Crippen molar-refractivity contribution in [2.75, 3.05) is 24.6 Å². The fourth-order valence-corrected chi connectivity index (χ4v) is 4.20. The topological polar surface area (TPSA) is 86.3 Å². The second-order valence-electron chi connectivity index (χ2n) is 8.45. The van der Waals surface area contributed by atoms with E-state index in [1.807, 2.05) is 30.9 Å². The van der Waals surface area contributed by atoms with Crippen molar-refractivity contribution in [3.8, 4) is 11.3 Å². The fourth-order valence-electron chi connectivity index (χ4n) is 4.20. The quantitative estimate of drug-likeness (QED) is 0.635. The smallest absolute Gasteiger partial charge is 0.269 e. The normalized spacial score (nSPS) is 20.1. The summed E-state index contributed by atoms with van der Waals surface area (Å²) < 4.78 is 25.8. The van der Waals surface area contributed by atoms with Gasteiger partial charge in [-0.15, -0.1) is 0 Å². The molecule has 1 spiro atoms. The van der Waals surface area contributed by atoms with Crippen LogP contribution in [0, 0.1) is 13.8 Å². The highest BCUT2D eigenvalue weighted by molar-refractivity contribution is 5.62. The molecule has 9 heteroatoms. The first-order valence-electron chi connectivity index (χ1n) is 10.4. The monoisotopic (exact) mass is 425 g/mol. The fraction of sp³-hybridized carbons (Fsp3) is 0.455. The molecule has 0 saturated carbocycles. The molecule has 1 unspecified atom stereocenters. The third kappa shape index (κ3) is 3.74. The van der Waals surface area contributed by atoms with Gasteiger partial charge in [-0.25, -0.2) is 9.07 Å². The predicted octanol–water partition coefficient (Wildman–Crippen LogP) is 2.67. The van der Waals surface area contributed by atoms with Crippen LogP contribution in [0.4, 0.5) is 10.1 Å². The van der Waals surface area contributed by atoms with Crippen molar-refractivity contribution in [2.45, 2.75) is 45.0 Å². The first-order chi connectivity index (χ1) is 14.9. The van der Waals surface area contributed by atoms with Crippen molar-refractivity contribution in [2.24, 2.45) is 0 Å². The highest BCUT2D eigenvalue weighted by atomic mass is 19.1. The van der Waals surface area contributed by atoms with Crippen LogP contribution in [0.5, 0.6) is 0 Å². The Bertz CT molecular complexity index is 1140. The minimum atomic E-state index is -0.869. The lowest BCUT2D eigenvalue weighted by Crippen LogP contribution is -2.65. The number of hydrogen-bond donors (Lipinski definition) is 0. The molecule has 0 bridgehead atoms. The Morgan fingerprint density at radius 2 is 2.10 bits per heavy atom. The van der Waals surface area contributed by atoms with Crippen LogP contribution < -0.4 is 10.5 Å². The van der Waals surface area contributed by atoms with Gasteiger partial charge in [0.15, 0.2) is 0 Å². The molecule has 2 saturated heterocycles. The number of halogens is 1. The maximum atomic E-state index is 13.3. The van der Waals surface area contributed by atoms with Gasteiger partial charge in [0, 0.05) is 42.2 Å².